The first-order chi connectivity index (χ1) is 12.2. The van der Waals surface area contributed by atoms with E-state index in [0.717, 1.165) is 24.0 Å². The van der Waals surface area contributed by atoms with Gasteiger partial charge in [-0.25, -0.2) is 5.48 Å². The second-order valence-corrected chi connectivity index (χ2v) is 6.05. The maximum atomic E-state index is 12.3. The highest BCUT2D eigenvalue weighted by molar-refractivity contribution is 6.01. The van der Waals surface area contributed by atoms with E-state index in [0.29, 0.717) is 24.1 Å². The van der Waals surface area contributed by atoms with Gasteiger partial charge in [0.15, 0.2) is 0 Å². The number of nitrogens with one attached hydrogen (secondary N) is 2. The van der Waals surface area contributed by atoms with Crippen molar-refractivity contribution in [1.29, 1.82) is 0 Å². The van der Waals surface area contributed by atoms with E-state index in [1.54, 1.807) is 23.7 Å². The van der Waals surface area contributed by atoms with Crippen molar-refractivity contribution in [1.82, 2.24) is 10.8 Å². The van der Waals surface area contributed by atoms with Gasteiger partial charge in [0.05, 0.1) is 0 Å². The summed E-state index contributed by atoms with van der Waals surface area (Å²) >= 11 is 0. The van der Waals surface area contributed by atoms with Crippen LogP contribution in [-0.4, -0.2) is 23.6 Å². The van der Waals surface area contributed by atoms with Crippen molar-refractivity contribution in [3.63, 3.8) is 0 Å². The van der Waals surface area contributed by atoms with Crippen LogP contribution < -0.4 is 10.8 Å². The Labute approximate surface area is 146 Å². The fourth-order valence-electron chi connectivity index (χ4n) is 2.93. The van der Waals surface area contributed by atoms with Crippen molar-refractivity contribution < 1.29 is 14.8 Å². The van der Waals surface area contributed by atoms with Crippen LogP contribution in [-0.2, 0) is 17.6 Å². The number of hydroxylamine groups is 1. The third-order valence-electron chi connectivity index (χ3n) is 4.28. The topological polar surface area (TPSA) is 78.4 Å². The third kappa shape index (κ3) is 4.14. The summed E-state index contributed by atoms with van der Waals surface area (Å²) in [6, 6.07) is 15.6. The third-order valence-corrected chi connectivity index (χ3v) is 4.28. The zero-order valence-corrected chi connectivity index (χ0v) is 13.8. The second kappa shape index (κ2) is 7.77. The summed E-state index contributed by atoms with van der Waals surface area (Å²) in [6.07, 6.45) is 3.96. The van der Waals surface area contributed by atoms with Gasteiger partial charge in [0.2, 0.25) is 0 Å². The molecular weight excluding hydrogens is 316 g/mol. The normalized spacial score (nSPS) is 12.3. The number of carbonyl (C=O) groups is 2. The van der Waals surface area contributed by atoms with Crippen LogP contribution in [0.25, 0.3) is 6.08 Å². The van der Waals surface area contributed by atoms with E-state index >= 15 is 0 Å². The van der Waals surface area contributed by atoms with Gasteiger partial charge in [0.25, 0.3) is 11.8 Å². The fraction of sp³-hybridized carbons (Fsp3) is 0.200. The minimum absolute atomic E-state index is 0.121. The fourth-order valence-corrected chi connectivity index (χ4v) is 2.93. The Bertz CT molecular complexity index is 813. The number of benzene rings is 2. The predicted octanol–water partition coefficient (Wildman–Crippen LogP) is 2.49. The Balaban J connectivity index is 1.55. The highest BCUT2D eigenvalue weighted by Crippen LogP contribution is 2.26. The van der Waals surface area contributed by atoms with Crippen LogP contribution in [0, 0.1) is 0 Å². The van der Waals surface area contributed by atoms with E-state index < -0.39 is 5.91 Å². The van der Waals surface area contributed by atoms with Gasteiger partial charge in [-0.15, -0.1) is 0 Å². The molecule has 2 aromatic rings. The van der Waals surface area contributed by atoms with Crippen molar-refractivity contribution in [2.75, 3.05) is 6.54 Å². The van der Waals surface area contributed by atoms with Crippen molar-refractivity contribution in [3.8, 4) is 0 Å². The highest BCUT2D eigenvalue weighted by Gasteiger charge is 2.19. The van der Waals surface area contributed by atoms with Crippen molar-refractivity contribution in [2.45, 2.75) is 19.3 Å². The van der Waals surface area contributed by atoms with E-state index in [1.807, 2.05) is 24.3 Å². The molecule has 0 aliphatic heterocycles. The molecule has 25 heavy (non-hydrogen) atoms. The molecule has 0 spiro atoms. The summed E-state index contributed by atoms with van der Waals surface area (Å²) in [5, 5.41) is 11.6. The quantitative estimate of drug-likeness (QED) is 0.431. The standard InChI is InChI=1S/C20H20N2O3/c23-19(21-10-4-7-14-5-2-1-3-6-14)16-9-8-15-11-18(20(24)22-25)13-17(15)12-16/h1-3,5-6,8-9,12-13,25H,4,7,10-11H2,(H,21,23)(H,22,24). The molecule has 0 aromatic heterocycles. The van der Waals surface area contributed by atoms with Crippen molar-refractivity contribution in [3.05, 3.63) is 76.4 Å². The lowest BCUT2D eigenvalue weighted by atomic mass is 10.1. The molecule has 3 N–H and O–H groups in total. The Kier molecular flexibility index (Phi) is 5.26. The molecule has 0 radical (unpaired) electrons. The van der Waals surface area contributed by atoms with Gasteiger partial charge in [-0.3, -0.25) is 14.8 Å². The van der Waals surface area contributed by atoms with E-state index in [-0.39, 0.29) is 5.91 Å². The zero-order valence-electron chi connectivity index (χ0n) is 13.8. The summed E-state index contributed by atoms with van der Waals surface area (Å²) in [5.74, 6) is -0.632. The Morgan fingerprint density at radius 1 is 1.04 bits per heavy atom. The molecule has 0 fully saturated rings. The van der Waals surface area contributed by atoms with Crippen LogP contribution in [0.2, 0.25) is 0 Å². The lowest BCUT2D eigenvalue weighted by Gasteiger charge is -2.07. The highest BCUT2D eigenvalue weighted by atomic mass is 16.5. The zero-order chi connectivity index (χ0) is 17.6. The molecule has 1 aliphatic carbocycles. The van der Waals surface area contributed by atoms with Gasteiger partial charge in [0.1, 0.15) is 0 Å². The summed E-state index contributed by atoms with van der Waals surface area (Å²) in [4.78, 5) is 23.8. The molecule has 0 bridgehead atoms. The van der Waals surface area contributed by atoms with Crippen LogP contribution in [0.15, 0.2) is 54.1 Å². The Morgan fingerprint density at radius 2 is 1.84 bits per heavy atom. The van der Waals surface area contributed by atoms with E-state index in [2.05, 4.69) is 17.4 Å². The maximum absolute atomic E-state index is 12.3. The van der Waals surface area contributed by atoms with Crippen LogP contribution >= 0.6 is 0 Å². The molecule has 3 rings (SSSR count). The van der Waals surface area contributed by atoms with Gasteiger partial charge < -0.3 is 5.32 Å². The second-order valence-electron chi connectivity index (χ2n) is 6.05. The lowest BCUT2D eigenvalue weighted by Crippen LogP contribution is -2.24. The molecule has 0 unspecified atom stereocenters. The largest absolute Gasteiger partial charge is 0.352 e. The van der Waals surface area contributed by atoms with Crippen LogP contribution in [0.1, 0.15) is 33.5 Å². The first kappa shape index (κ1) is 16.9. The molecule has 1 aliphatic rings. The number of aryl methyl sites for hydroxylation is 1. The van der Waals surface area contributed by atoms with Gasteiger partial charge in [-0.2, -0.15) is 0 Å². The predicted molar refractivity (Wildman–Crippen MR) is 95.1 cm³/mol. The molecule has 0 heterocycles. The van der Waals surface area contributed by atoms with Gasteiger partial charge >= 0.3 is 0 Å². The summed E-state index contributed by atoms with van der Waals surface area (Å²) in [6.45, 7) is 0.610. The number of fused-ring (bicyclic) bond motifs is 1. The van der Waals surface area contributed by atoms with E-state index in [1.165, 1.54) is 5.56 Å². The maximum Gasteiger partial charge on any atom is 0.270 e. The van der Waals surface area contributed by atoms with E-state index in [9.17, 15) is 9.59 Å². The molecule has 0 atom stereocenters. The molecular formula is C20H20N2O3. The average Bonchev–Trinajstić information content (AvgIpc) is 3.08. The Morgan fingerprint density at radius 3 is 2.60 bits per heavy atom. The minimum atomic E-state index is -0.511. The first-order valence-electron chi connectivity index (χ1n) is 8.27. The summed E-state index contributed by atoms with van der Waals surface area (Å²) < 4.78 is 0. The van der Waals surface area contributed by atoms with Crippen LogP contribution in [0.3, 0.4) is 0 Å². The minimum Gasteiger partial charge on any atom is -0.352 e. The smallest absolute Gasteiger partial charge is 0.270 e. The number of rotatable bonds is 6. The number of hydrogen-bond donors (Lipinski definition) is 3. The molecule has 0 saturated heterocycles. The van der Waals surface area contributed by atoms with Crippen LogP contribution in [0.5, 0.6) is 0 Å². The molecule has 128 valence electrons. The van der Waals surface area contributed by atoms with Gasteiger partial charge in [-0.1, -0.05) is 36.4 Å². The molecule has 5 nitrogen and oxygen atoms in total. The van der Waals surface area contributed by atoms with Crippen molar-refractivity contribution >= 4 is 17.9 Å². The van der Waals surface area contributed by atoms with E-state index in [4.69, 9.17) is 5.21 Å². The van der Waals surface area contributed by atoms with Crippen molar-refractivity contribution in [2.24, 2.45) is 0 Å². The molecule has 5 heteroatoms. The summed E-state index contributed by atoms with van der Waals surface area (Å²) in [5.41, 5.74) is 5.77. The monoisotopic (exact) mass is 336 g/mol. The SMILES string of the molecule is O=C(NO)C1=Cc2cc(C(=O)NCCCc3ccccc3)ccc2C1. The molecule has 2 aromatic carbocycles. The number of hydrogen-bond acceptors (Lipinski definition) is 3. The lowest BCUT2D eigenvalue weighted by molar-refractivity contribution is -0.125. The number of amides is 2. The Hall–Kier alpha value is -2.92. The molecule has 2 amide bonds. The average molecular weight is 336 g/mol. The van der Waals surface area contributed by atoms with Crippen LogP contribution in [0.4, 0.5) is 0 Å². The first-order valence-corrected chi connectivity index (χ1v) is 8.27. The van der Waals surface area contributed by atoms with Gasteiger partial charge in [-0.05, 0) is 47.7 Å². The summed E-state index contributed by atoms with van der Waals surface area (Å²) in [7, 11) is 0. The number of carbonyl (C=O) groups excluding carboxylic acids is 2. The van der Waals surface area contributed by atoms with Gasteiger partial charge in [0, 0.05) is 24.1 Å². The molecule has 0 saturated carbocycles.